The summed E-state index contributed by atoms with van der Waals surface area (Å²) < 4.78 is 65.3. The van der Waals surface area contributed by atoms with E-state index in [1.807, 2.05) is 0 Å². The molecule has 0 amide bonds. The Labute approximate surface area is 114 Å². The van der Waals surface area contributed by atoms with Crippen molar-refractivity contribution in [2.75, 3.05) is 6.54 Å². The van der Waals surface area contributed by atoms with Gasteiger partial charge >= 0.3 is 6.18 Å². The molecule has 2 atom stereocenters. The molecule has 0 aromatic carbocycles. The molecule has 0 saturated carbocycles. The van der Waals surface area contributed by atoms with Gasteiger partial charge in [-0.15, -0.1) is 0 Å². The number of halogens is 3. The Kier molecular flexibility index (Phi) is 3.82. The van der Waals surface area contributed by atoms with Crippen LogP contribution in [0, 0.1) is 0 Å². The first-order valence-corrected chi connectivity index (χ1v) is 7.39. The Morgan fingerprint density at radius 1 is 1.40 bits per heavy atom. The highest BCUT2D eigenvalue weighted by molar-refractivity contribution is 7.89. The minimum absolute atomic E-state index is 0.142. The molecule has 0 aliphatic carbocycles. The Bertz CT molecular complexity index is 584. The zero-order valence-corrected chi connectivity index (χ0v) is 11.5. The van der Waals surface area contributed by atoms with E-state index < -0.39 is 28.3 Å². The highest BCUT2D eigenvalue weighted by Gasteiger charge is 2.50. The molecule has 10 heteroatoms. The Morgan fingerprint density at radius 3 is 2.55 bits per heavy atom. The van der Waals surface area contributed by atoms with Crippen LogP contribution in [0.5, 0.6) is 0 Å². The quantitative estimate of drug-likeness (QED) is 0.860. The van der Waals surface area contributed by atoms with Crippen LogP contribution in [0.25, 0.3) is 0 Å². The maximum atomic E-state index is 13.0. The van der Waals surface area contributed by atoms with Crippen LogP contribution < -0.4 is 5.73 Å². The van der Waals surface area contributed by atoms with Gasteiger partial charge in [-0.3, -0.25) is 4.68 Å². The maximum Gasteiger partial charge on any atom is 0.405 e. The number of aromatic nitrogens is 2. The number of hydrogen-bond donors (Lipinski definition) is 1. The van der Waals surface area contributed by atoms with Gasteiger partial charge in [-0.25, -0.2) is 8.42 Å². The number of aryl methyl sites for hydroxylation is 1. The summed E-state index contributed by atoms with van der Waals surface area (Å²) in [6, 6.07) is -2.63. The van der Waals surface area contributed by atoms with Gasteiger partial charge in [-0.2, -0.15) is 22.6 Å². The lowest BCUT2D eigenvalue weighted by Crippen LogP contribution is -2.56. The second-order valence-corrected chi connectivity index (χ2v) is 6.71. The molecule has 1 aromatic rings. The van der Waals surface area contributed by atoms with Crippen LogP contribution >= 0.6 is 0 Å². The van der Waals surface area contributed by atoms with E-state index in [-0.39, 0.29) is 24.3 Å². The third kappa shape index (κ3) is 2.81. The smallest absolute Gasteiger partial charge is 0.327 e. The second-order valence-electron chi connectivity index (χ2n) is 4.82. The van der Waals surface area contributed by atoms with E-state index in [0.717, 1.165) is 6.20 Å². The Balaban J connectivity index is 2.40. The fourth-order valence-electron chi connectivity index (χ4n) is 2.23. The number of piperidine rings is 1. The molecule has 114 valence electrons. The summed E-state index contributed by atoms with van der Waals surface area (Å²) in [6.07, 6.45) is -2.60. The topological polar surface area (TPSA) is 81.2 Å². The molecule has 2 N–H and O–H groups in total. The first-order chi connectivity index (χ1) is 9.12. The minimum atomic E-state index is -4.62. The maximum absolute atomic E-state index is 13.0. The lowest BCUT2D eigenvalue weighted by molar-refractivity contribution is -0.178. The van der Waals surface area contributed by atoms with Gasteiger partial charge in [0.1, 0.15) is 10.9 Å². The van der Waals surface area contributed by atoms with Gasteiger partial charge in [0.05, 0.1) is 6.20 Å². The van der Waals surface area contributed by atoms with Crippen molar-refractivity contribution in [2.24, 2.45) is 12.8 Å². The number of nitrogens with zero attached hydrogens (tertiary/aromatic N) is 3. The molecule has 6 nitrogen and oxygen atoms in total. The molecule has 0 spiro atoms. The predicted molar refractivity (Wildman–Crippen MR) is 64.2 cm³/mol. The second kappa shape index (κ2) is 5.01. The van der Waals surface area contributed by atoms with E-state index in [0.29, 0.717) is 4.31 Å². The average Bonchev–Trinajstić information content (AvgIpc) is 2.75. The van der Waals surface area contributed by atoms with Crippen molar-refractivity contribution < 1.29 is 21.6 Å². The van der Waals surface area contributed by atoms with Crippen molar-refractivity contribution in [3.05, 3.63) is 12.4 Å². The minimum Gasteiger partial charge on any atom is -0.327 e. The van der Waals surface area contributed by atoms with Gasteiger partial charge in [0.25, 0.3) is 0 Å². The van der Waals surface area contributed by atoms with E-state index in [9.17, 15) is 21.6 Å². The summed E-state index contributed by atoms with van der Waals surface area (Å²) >= 11 is 0. The molecular formula is C10H15F3N4O2S. The van der Waals surface area contributed by atoms with Crippen LogP contribution in [0.2, 0.25) is 0 Å². The van der Waals surface area contributed by atoms with Gasteiger partial charge in [0.15, 0.2) is 0 Å². The van der Waals surface area contributed by atoms with Crippen LogP contribution in [0.15, 0.2) is 17.3 Å². The Morgan fingerprint density at radius 2 is 2.05 bits per heavy atom. The van der Waals surface area contributed by atoms with Gasteiger partial charge in [-0.05, 0) is 12.8 Å². The van der Waals surface area contributed by atoms with Crippen molar-refractivity contribution >= 4 is 10.0 Å². The number of rotatable bonds is 2. The average molecular weight is 312 g/mol. The third-order valence-corrected chi connectivity index (χ3v) is 5.07. The fraction of sp³-hybridized carbons (Fsp3) is 0.700. The lowest BCUT2D eigenvalue weighted by atomic mass is 10.0. The molecule has 2 unspecified atom stereocenters. The standard InChI is InChI=1S/C10H15F3N4O2S/c1-16-6-8(4-15-16)20(18,19)17-5-7(14)2-3-9(17)10(11,12)13/h4,6-7,9H,2-3,5,14H2,1H3. The third-order valence-electron chi connectivity index (χ3n) is 3.24. The lowest BCUT2D eigenvalue weighted by Gasteiger charge is -2.37. The molecule has 0 bridgehead atoms. The van der Waals surface area contributed by atoms with Crippen LogP contribution in [0.1, 0.15) is 12.8 Å². The molecule has 0 radical (unpaired) electrons. The van der Waals surface area contributed by atoms with E-state index >= 15 is 0 Å². The summed E-state index contributed by atoms with van der Waals surface area (Å²) in [5.74, 6) is 0. The van der Waals surface area contributed by atoms with Crippen molar-refractivity contribution in [3.8, 4) is 0 Å². The van der Waals surface area contributed by atoms with Gasteiger partial charge in [0, 0.05) is 25.8 Å². The number of alkyl halides is 3. The van der Waals surface area contributed by atoms with E-state index in [1.165, 1.54) is 17.9 Å². The summed E-state index contributed by atoms with van der Waals surface area (Å²) in [6.45, 7) is -0.346. The van der Waals surface area contributed by atoms with Crippen molar-refractivity contribution in [3.63, 3.8) is 0 Å². The molecule has 1 fully saturated rings. The van der Waals surface area contributed by atoms with Crippen LogP contribution in [0.3, 0.4) is 0 Å². The van der Waals surface area contributed by atoms with E-state index in [1.54, 1.807) is 0 Å². The largest absolute Gasteiger partial charge is 0.405 e. The summed E-state index contributed by atoms with van der Waals surface area (Å²) in [5, 5.41) is 3.68. The number of sulfonamides is 1. The van der Waals surface area contributed by atoms with Crippen LogP contribution in [0.4, 0.5) is 13.2 Å². The molecule has 1 aliphatic rings. The SMILES string of the molecule is Cn1cc(S(=O)(=O)N2CC(N)CCC2C(F)(F)F)cn1. The fourth-order valence-corrected chi connectivity index (χ4v) is 3.91. The van der Waals surface area contributed by atoms with Gasteiger partial charge in [0.2, 0.25) is 10.0 Å². The molecule has 1 aliphatic heterocycles. The molecular weight excluding hydrogens is 297 g/mol. The van der Waals surface area contributed by atoms with Crippen LogP contribution in [-0.4, -0.2) is 47.3 Å². The molecule has 1 saturated heterocycles. The van der Waals surface area contributed by atoms with Gasteiger partial charge in [-0.1, -0.05) is 0 Å². The predicted octanol–water partition coefficient (Wildman–Crippen LogP) is 0.463. The molecule has 1 aromatic heterocycles. The van der Waals surface area contributed by atoms with Gasteiger partial charge < -0.3 is 5.73 Å². The normalized spacial score (nSPS) is 25.9. The van der Waals surface area contributed by atoms with Crippen molar-refractivity contribution in [1.29, 1.82) is 0 Å². The first-order valence-electron chi connectivity index (χ1n) is 5.95. The summed E-state index contributed by atoms with van der Waals surface area (Å²) in [5.41, 5.74) is 5.62. The van der Waals surface area contributed by atoms with Crippen molar-refractivity contribution in [2.45, 2.75) is 36.0 Å². The summed E-state index contributed by atoms with van der Waals surface area (Å²) in [7, 11) is -2.77. The zero-order chi connectivity index (χ0) is 15.1. The summed E-state index contributed by atoms with van der Waals surface area (Å²) in [4.78, 5) is -0.261. The number of nitrogens with two attached hydrogens (primary N) is 1. The monoisotopic (exact) mass is 312 g/mol. The Hall–Kier alpha value is -1.13. The highest BCUT2D eigenvalue weighted by atomic mass is 32.2. The first kappa shape index (κ1) is 15.3. The molecule has 2 heterocycles. The number of hydrogen-bond acceptors (Lipinski definition) is 4. The van der Waals surface area contributed by atoms with E-state index in [4.69, 9.17) is 5.73 Å². The zero-order valence-electron chi connectivity index (χ0n) is 10.7. The molecule has 20 heavy (non-hydrogen) atoms. The van der Waals surface area contributed by atoms with Crippen molar-refractivity contribution in [1.82, 2.24) is 14.1 Å². The highest BCUT2D eigenvalue weighted by Crippen LogP contribution is 2.34. The molecule has 2 rings (SSSR count). The van der Waals surface area contributed by atoms with E-state index in [2.05, 4.69) is 5.10 Å². The van der Waals surface area contributed by atoms with Crippen LogP contribution in [-0.2, 0) is 17.1 Å².